The van der Waals surface area contributed by atoms with Gasteiger partial charge in [-0.3, -0.25) is 9.59 Å². The fourth-order valence-electron chi connectivity index (χ4n) is 6.82. The third-order valence-corrected chi connectivity index (χ3v) is 10.4. The van der Waals surface area contributed by atoms with Crippen LogP contribution in [0.1, 0.15) is 206 Å². The van der Waals surface area contributed by atoms with Crippen LogP contribution in [-0.4, -0.2) is 75.5 Å². The van der Waals surface area contributed by atoms with Crippen LogP contribution in [0.15, 0.2) is 24.3 Å². The van der Waals surface area contributed by atoms with E-state index < -0.39 is 18.1 Å². The number of allylic oxidation sites excluding steroid dienone is 4. The van der Waals surface area contributed by atoms with E-state index in [1.54, 1.807) is 21.1 Å². The van der Waals surface area contributed by atoms with Crippen LogP contribution in [0.2, 0.25) is 0 Å². The summed E-state index contributed by atoms with van der Waals surface area (Å²) in [5.41, 5.74) is 0. The number of nitrogens with zero attached hydrogens (tertiary/aromatic N) is 1. The van der Waals surface area contributed by atoms with Crippen molar-refractivity contribution in [2.45, 2.75) is 219 Å². The predicted octanol–water partition coefficient (Wildman–Crippen LogP) is 11.1. The smallest absolute Gasteiger partial charge is 0.306 e. The number of ether oxygens (including phenoxy) is 3. The molecular weight excluding hydrogens is 691 g/mol. The third-order valence-electron chi connectivity index (χ3n) is 10.4. The number of carboxylic acid groups (broad SMARTS) is 1. The van der Waals surface area contributed by atoms with Gasteiger partial charge in [-0.15, -0.1) is 0 Å². The highest BCUT2D eigenvalue weighted by Crippen LogP contribution is 2.16. The van der Waals surface area contributed by atoms with E-state index in [9.17, 15) is 19.5 Å². The molecule has 322 valence electrons. The first-order valence-corrected chi connectivity index (χ1v) is 22.9. The molecule has 0 aliphatic carbocycles. The largest absolute Gasteiger partial charge is 0.544 e. The fraction of sp³-hybridized carbons (Fsp3) is 0.851. The van der Waals surface area contributed by atoms with E-state index in [1.807, 2.05) is 0 Å². The fourth-order valence-corrected chi connectivity index (χ4v) is 6.82. The average Bonchev–Trinajstić information content (AvgIpc) is 3.14. The van der Waals surface area contributed by atoms with Gasteiger partial charge < -0.3 is 28.6 Å². The zero-order valence-corrected chi connectivity index (χ0v) is 36.6. The standard InChI is InChI=1S/C47H87NO7/c1-6-8-10-12-14-16-18-20-21-22-23-24-25-26-28-29-31-33-35-37-45(49)54-42-43(41-53-40-39-44(47(51)52)48(3,4)5)55-46(50)38-36-34-32-30-27-19-17-15-13-11-9-7-2/h9,11,15,17,43-44H,6-8,10,12-14,16,18-42H2,1-5H3/b11-9+,17-15+. The number of carboxylic acids is 1. The molecule has 0 aromatic heterocycles. The summed E-state index contributed by atoms with van der Waals surface area (Å²) >= 11 is 0. The number of quaternary nitrogens is 1. The van der Waals surface area contributed by atoms with Crippen molar-refractivity contribution in [2.75, 3.05) is 41.0 Å². The molecule has 0 saturated carbocycles. The molecule has 0 amide bonds. The molecule has 8 heteroatoms. The lowest BCUT2D eigenvalue weighted by atomic mass is 10.0. The first kappa shape index (κ1) is 52.8. The first-order valence-electron chi connectivity index (χ1n) is 22.9. The van der Waals surface area contributed by atoms with Crippen LogP contribution in [0.25, 0.3) is 0 Å². The van der Waals surface area contributed by atoms with E-state index in [4.69, 9.17) is 14.2 Å². The Kier molecular flexibility index (Phi) is 37.1. The van der Waals surface area contributed by atoms with Crippen molar-refractivity contribution in [3.8, 4) is 0 Å². The summed E-state index contributed by atoms with van der Waals surface area (Å²) < 4.78 is 17.2. The van der Waals surface area contributed by atoms with Crippen LogP contribution in [0, 0.1) is 0 Å². The molecular formula is C47H87NO7. The number of hydrogen-bond donors (Lipinski definition) is 0. The lowest BCUT2D eigenvalue weighted by Crippen LogP contribution is -2.55. The van der Waals surface area contributed by atoms with Gasteiger partial charge in [-0.2, -0.15) is 0 Å². The third kappa shape index (κ3) is 37.2. The molecule has 0 N–H and O–H groups in total. The van der Waals surface area contributed by atoms with Crippen molar-refractivity contribution in [3.05, 3.63) is 24.3 Å². The van der Waals surface area contributed by atoms with Gasteiger partial charge in [-0.25, -0.2) is 0 Å². The second-order valence-corrected chi connectivity index (χ2v) is 16.6. The van der Waals surface area contributed by atoms with Gasteiger partial charge in [0.05, 0.1) is 40.3 Å². The van der Waals surface area contributed by atoms with Crippen molar-refractivity contribution >= 4 is 17.9 Å². The zero-order valence-electron chi connectivity index (χ0n) is 36.6. The number of esters is 2. The Morgan fingerprint density at radius 1 is 0.564 bits per heavy atom. The van der Waals surface area contributed by atoms with Crippen molar-refractivity contribution in [1.29, 1.82) is 0 Å². The molecule has 0 bridgehead atoms. The summed E-state index contributed by atoms with van der Waals surface area (Å²) in [6.45, 7) is 4.56. The second kappa shape index (κ2) is 38.7. The van der Waals surface area contributed by atoms with Crippen molar-refractivity contribution in [2.24, 2.45) is 0 Å². The maximum atomic E-state index is 12.7. The van der Waals surface area contributed by atoms with E-state index in [0.717, 1.165) is 70.6 Å². The van der Waals surface area contributed by atoms with Crippen LogP contribution in [0.5, 0.6) is 0 Å². The molecule has 0 rings (SSSR count). The Bertz CT molecular complexity index is 957. The van der Waals surface area contributed by atoms with E-state index in [-0.39, 0.29) is 42.7 Å². The van der Waals surface area contributed by atoms with Crippen LogP contribution in [0.4, 0.5) is 0 Å². The molecule has 0 aromatic rings. The molecule has 55 heavy (non-hydrogen) atoms. The van der Waals surface area contributed by atoms with E-state index >= 15 is 0 Å². The number of carbonyl (C=O) groups excluding carboxylic acids is 3. The summed E-state index contributed by atoms with van der Waals surface area (Å²) in [4.78, 5) is 36.8. The number of carbonyl (C=O) groups is 3. The van der Waals surface area contributed by atoms with Gasteiger partial charge in [0.15, 0.2) is 6.10 Å². The van der Waals surface area contributed by atoms with Gasteiger partial charge in [0.2, 0.25) is 0 Å². The molecule has 2 unspecified atom stereocenters. The van der Waals surface area contributed by atoms with E-state index in [2.05, 4.69) is 38.2 Å². The quantitative estimate of drug-likeness (QED) is 0.0264. The highest BCUT2D eigenvalue weighted by Gasteiger charge is 2.25. The lowest BCUT2D eigenvalue weighted by Gasteiger charge is -2.34. The van der Waals surface area contributed by atoms with Crippen molar-refractivity contribution in [1.82, 2.24) is 0 Å². The van der Waals surface area contributed by atoms with Crippen LogP contribution < -0.4 is 5.11 Å². The van der Waals surface area contributed by atoms with Gasteiger partial charge in [0.25, 0.3) is 0 Å². The Morgan fingerprint density at radius 2 is 1.02 bits per heavy atom. The van der Waals surface area contributed by atoms with Crippen LogP contribution in [0.3, 0.4) is 0 Å². The minimum atomic E-state index is -1.13. The van der Waals surface area contributed by atoms with Gasteiger partial charge in [-0.05, 0) is 38.5 Å². The van der Waals surface area contributed by atoms with Gasteiger partial charge in [0.1, 0.15) is 12.6 Å². The summed E-state index contributed by atoms with van der Waals surface area (Å²) in [7, 11) is 5.40. The minimum Gasteiger partial charge on any atom is -0.544 e. The molecule has 0 radical (unpaired) electrons. The Balaban J connectivity index is 4.24. The summed E-state index contributed by atoms with van der Waals surface area (Å²) in [6.07, 6.45) is 42.1. The monoisotopic (exact) mass is 778 g/mol. The van der Waals surface area contributed by atoms with Gasteiger partial charge in [-0.1, -0.05) is 173 Å². The Hall–Kier alpha value is -2.19. The molecule has 0 fully saturated rings. The van der Waals surface area contributed by atoms with Crippen LogP contribution in [-0.2, 0) is 28.6 Å². The molecule has 0 aliphatic heterocycles. The van der Waals surface area contributed by atoms with E-state index in [0.29, 0.717) is 12.8 Å². The number of rotatable bonds is 41. The Labute approximate surface area is 339 Å². The summed E-state index contributed by atoms with van der Waals surface area (Å²) in [5.74, 6) is -1.74. The molecule has 2 atom stereocenters. The highest BCUT2D eigenvalue weighted by atomic mass is 16.6. The first-order chi connectivity index (χ1) is 26.6. The molecule has 0 aromatic carbocycles. The maximum absolute atomic E-state index is 12.7. The second-order valence-electron chi connectivity index (χ2n) is 16.6. The SMILES string of the molecule is CC/C=C/C/C=C/CCCCCCCC(=O)OC(COCCC(C(=O)[O-])[N+](C)(C)C)COC(=O)CCCCCCCCCCCCCCCCCCCCC. The highest BCUT2D eigenvalue weighted by molar-refractivity contribution is 5.70. The summed E-state index contributed by atoms with van der Waals surface area (Å²) in [5, 5.41) is 11.6. The summed E-state index contributed by atoms with van der Waals surface area (Å²) in [6, 6.07) is -0.725. The Morgan fingerprint density at radius 3 is 1.49 bits per heavy atom. The topological polar surface area (TPSA) is 102 Å². The van der Waals surface area contributed by atoms with Crippen LogP contribution >= 0.6 is 0 Å². The number of hydrogen-bond acceptors (Lipinski definition) is 7. The maximum Gasteiger partial charge on any atom is 0.306 e. The molecule has 0 aliphatic rings. The molecule has 0 spiro atoms. The molecule has 0 heterocycles. The predicted molar refractivity (Wildman–Crippen MR) is 227 cm³/mol. The van der Waals surface area contributed by atoms with E-state index in [1.165, 1.54) is 103 Å². The van der Waals surface area contributed by atoms with Crippen molar-refractivity contribution in [3.63, 3.8) is 0 Å². The molecule has 8 nitrogen and oxygen atoms in total. The normalized spacial score (nSPS) is 13.1. The van der Waals surface area contributed by atoms with Gasteiger partial charge >= 0.3 is 11.9 Å². The number of aliphatic carboxylic acids is 1. The minimum absolute atomic E-state index is 0.0386. The molecule has 0 saturated heterocycles. The number of likely N-dealkylation sites (N-methyl/N-ethyl adjacent to an activating group) is 1. The lowest BCUT2D eigenvalue weighted by molar-refractivity contribution is -0.889. The van der Waals surface area contributed by atoms with Crippen molar-refractivity contribution < 1.29 is 38.2 Å². The average molecular weight is 778 g/mol. The number of unbranched alkanes of at least 4 members (excludes halogenated alkanes) is 23. The van der Waals surface area contributed by atoms with Gasteiger partial charge in [0, 0.05) is 19.3 Å². The zero-order chi connectivity index (χ0) is 40.7.